The lowest BCUT2D eigenvalue weighted by Crippen LogP contribution is -2.39. The highest BCUT2D eigenvalue weighted by molar-refractivity contribution is 5.85. The van der Waals surface area contributed by atoms with Crippen molar-refractivity contribution in [3.05, 3.63) is 24.8 Å². The molecule has 0 aliphatic heterocycles. The predicted octanol–water partition coefficient (Wildman–Crippen LogP) is 2.42. The average molecular weight is 174 g/mol. The first-order chi connectivity index (χ1) is 4.77. The molecular formula is C9H16ClN. The predicted molar refractivity (Wildman–Crippen MR) is 52.0 cm³/mol. The maximum atomic E-state index is 6.05. The normalized spacial score (nSPS) is 29.2. The van der Waals surface area contributed by atoms with Gasteiger partial charge in [0.25, 0.3) is 0 Å². The van der Waals surface area contributed by atoms with Gasteiger partial charge >= 0.3 is 0 Å². The van der Waals surface area contributed by atoms with Crippen LogP contribution in [0, 0.1) is 0 Å². The first-order valence-corrected chi connectivity index (χ1v) is 3.82. The average Bonchev–Trinajstić information content (AvgIpc) is 1.89. The van der Waals surface area contributed by atoms with Crippen molar-refractivity contribution in [2.45, 2.75) is 31.2 Å². The summed E-state index contributed by atoms with van der Waals surface area (Å²) in [5.74, 6) is 0. The largest absolute Gasteiger partial charge is 0.325 e. The van der Waals surface area contributed by atoms with Gasteiger partial charge in [0.2, 0.25) is 0 Å². The Balaban J connectivity index is 0.000001000. The first-order valence-electron chi connectivity index (χ1n) is 3.82. The summed E-state index contributed by atoms with van der Waals surface area (Å²) in [6.45, 7) is 3.70. The molecule has 1 aliphatic rings. The van der Waals surface area contributed by atoms with Gasteiger partial charge < -0.3 is 5.73 Å². The third-order valence-corrected chi connectivity index (χ3v) is 2.05. The molecule has 0 bridgehead atoms. The molecule has 2 N–H and O–H groups in total. The van der Waals surface area contributed by atoms with Crippen LogP contribution in [0.15, 0.2) is 24.8 Å². The summed E-state index contributed by atoms with van der Waals surface area (Å²) in [4.78, 5) is 0. The SMILES string of the molecule is C=CCC1(N)CC=CCC1.Cl. The Bertz CT molecular complexity index is 154. The molecule has 0 spiro atoms. The molecule has 0 aromatic heterocycles. The Hall–Kier alpha value is -0.270. The van der Waals surface area contributed by atoms with Crippen molar-refractivity contribution < 1.29 is 0 Å². The maximum Gasteiger partial charge on any atom is 0.0226 e. The Morgan fingerprint density at radius 2 is 2.27 bits per heavy atom. The lowest BCUT2D eigenvalue weighted by molar-refractivity contribution is 0.392. The van der Waals surface area contributed by atoms with E-state index in [0.717, 1.165) is 25.7 Å². The standard InChI is InChI=1S/C9H15N.ClH/c1-2-6-9(10)7-4-3-5-8-9;/h2-4H,1,5-8,10H2;1H. The van der Waals surface area contributed by atoms with Crippen LogP contribution in [0.2, 0.25) is 0 Å². The van der Waals surface area contributed by atoms with E-state index in [-0.39, 0.29) is 17.9 Å². The zero-order chi connectivity index (χ0) is 7.45. The van der Waals surface area contributed by atoms with E-state index in [1.54, 1.807) is 0 Å². The monoisotopic (exact) mass is 173 g/mol. The molecule has 0 aromatic rings. The summed E-state index contributed by atoms with van der Waals surface area (Å²) in [7, 11) is 0. The molecule has 0 amide bonds. The highest BCUT2D eigenvalue weighted by Crippen LogP contribution is 2.23. The minimum absolute atomic E-state index is 0. The number of hydrogen-bond acceptors (Lipinski definition) is 1. The van der Waals surface area contributed by atoms with Gasteiger partial charge in [0.15, 0.2) is 0 Å². The van der Waals surface area contributed by atoms with Crippen LogP contribution in [-0.4, -0.2) is 5.54 Å². The molecule has 2 heteroatoms. The van der Waals surface area contributed by atoms with Gasteiger partial charge in [-0.05, 0) is 25.7 Å². The summed E-state index contributed by atoms with van der Waals surface area (Å²) < 4.78 is 0. The van der Waals surface area contributed by atoms with Crippen LogP contribution >= 0.6 is 12.4 Å². The second-order valence-electron chi connectivity index (χ2n) is 3.07. The summed E-state index contributed by atoms with van der Waals surface area (Å²) >= 11 is 0. The van der Waals surface area contributed by atoms with E-state index in [4.69, 9.17) is 5.73 Å². The van der Waals surface area contributed by atoms with Crippen molar-refractivity contribution in [2.75, 3.05) is 0 Å². The number of allylic oxidation sites excluding steroid dienone is 1. The molecule has 64 valence electrons. The van der Waals surface area contributed by atoms with Crippen molar-refractivity contribution >= 4 is 12.4 Å². The van der Waals surface area contributed by atoms with Crippen LogP contribution in [0.1, 0.15) is 25.7 Å². The molecule has 1 aliphatic carbocycles. The van der Waals surface area contributed by atoms with Gasteiger partial charge in [0.05, 0.1) is 0 Å². The zero-order valence-electron chi connectivity index (χ0n) is 6.75. The zero-order valence-corrected chi connectivity index (χ0v) is 7.57. The summed E-state index contributed by atoms with van der Waals surface area (Å²) in [5.41, 5.74) is 6.07. The molecule has 0 radical (unpaired) electrons. The van der Waals surface area contributed by atoms with Crippen LogP contribution in [0.4, 0.5) is 0 Å². The minimum atomic E-state index is 0. The van der Waals surface area contributed by atoms with E-state index >= 15 is 0 Å². The molecule has 0 aromatic carbocycles. The Morgan fingerprint density at radius 3 is 2.73 bits per heavy atom. The van der Waals surface area contributed by atoms with Crippen LogP contribution in [-0.2, 0) is 0 Å². The van der Waals surface area contributed by atoms with Gasteiger partial charge in [-0.2, -0.15) is 0 Å². The second-order valence-corrected chi connectivity index (χ2v) is 3.07. The van der Waals surface area contributed by atoms with E-state index in [1.807, 2.05) is 6.08 Å². The first kappa shape index (κ1) is 10.7. The lowest BCUT2D eigenvalue weighted by Gasteiger charge is -2.29. The minimum Gasteiger partial charge on any atom is -0.325 e. The maximum absolute atomic E-state index is 6.05. The third-order valence-electron chi connectivity index (χ3n) is 2.05. The molecular weight excluding hydrogens is 158 g/mol. The van der Waals surface area contributed by atoms with Gasteiger partial charge in [-0.25, -0.2) is 0 Å². The van der Waals surface area contributed by atoms with E-state index in [0.29, 0.717) is 0 Å². The van der Waals surface area contributed by atoms with Crippen LogP contribution in [0.25, 0.3) is 0 Å². The van der Waals surface area contributed by atoms with Gasteiger partial charge in [-0.15, -0.1) is 19.0 Å². The summed E-state index contributed by atoms with van der Waals surface area (Å²) in [5, 5.41) is 0. The molecule has 11 heavy (non-hydrogen) atoms. The van der Waals surface area contributed by atoms with Crippen molar-refractivity contribution in [1.82, 2.24) is 0 Å². The molecule has 0 fully saturated rings. The quantitative estimate of drug-likeness (QED) is 0.638. The van der Waals surface area contributed by atoms with E-state index in [9.17, 15) is 0 Å². The topological polar surface area (TPSA) is 26.0 Å². The molecule has 1 nitrogen and oxygen atoms in total. The van der Waals surface area contributed by atoms with Gasteiger partial charge in [-0.1, -0.05) is 18.2 Å². The summed E-state index contributed by atoms with van der Waals surface area (Å²) in [6, 6.07) is 0. The van der Waals surface area contributed by atoms with Gasteiger partial charge in [0, 0.05) is 5.54 Å². The molecule has 0 heterocycles. The van der Waals surface area contributed by atoms with Crippen LogP contribution < -0.4 is 5.73 Å². The number of rotatable bonds is 2. The van der Waals surface area contributed by atoms with Crippen molar-refractivity contribution in [1.29, 1.82) is 0 Å². The Morgan fingerprint density at radius 1 is 1.55 bits per heavy atom. The van der Waals surface area contributed by atoms with Crippen molar-refractivity contribution in [3.8, 4) is 0 Å². The third kappa shape index (κ3) is 3.08. The van der Waals surface area contributed by atoms with Crippen LogP contribution in [0.3, 0.4) is 0 Å². The Kier molecular flexibility index (Phi) is 4.46. The number of hydrogen-bond donors (Lipinski definition) is 1. The lowest BCUT2D eigenvalue weighted by atomic mass is 9.84. The molecule has 1 rings (SSSR count). The smallest absolute Gasteiger partial charge is 0.0226 e. The molecule has 1 unspecified atom stereocenters. The van der Waals surface area contributed by atoms with E-state index < -0.39 is 0 Å². The summed E-state index contributed by atoms with van der Waals surface area (Å²) in [6.07, 6.45) is 10.5. The fourth-order valence-corrected chi connectivity index (χ4v) is 1.38. The number of halogens is 1. The fraction of sp³-hybridized carbons (Fsp3) is 0.556. The van der Waals surface area contributed by atoms with Gasteiger partial charge in [0.1, 0.15) is 0 Å². The second kappa shape index (κ2) is 4.58. The van der Waals surface area contributed by atoms with E-state index in [2.05, 4.69) is 18.7 Å². The van der Waals surface area contributed by atoms with Crippen LogP contribution in [0.5, 0.6) is 0 Å². The molecule has 0 saturated heterocycles. The highest BCUT2D eigenvalue weighted by Gasteiger charge is 2.22. The van der Waals surface area contributed by atoms with E-state index in [1.165, 1.54) is 0 Å². The molecule has 1 atom stereocenters. The van der Waals surface area contributed by atoms with Crippen molar-refractivity contribution in [2.24, 2.45) is 5.73 Å². The fourth-order valence-electron chi connectivity index (χ4n) is 1.38. The molecule has 0 saturated carbocycles. The number of nitrogens with two attached hydrogens (primary N) is 1. The Labute approximate surface area is 74.8 Å². The highest BCUT2D eigenvalue weighted by atomic mass is 35.5. The van der Waals surface area contributed by atoms with Gasteiger partial charge in [-0.3, -0.25) is 0 Å². The van der Waals surface area contributed by atoms with Crippen molar-refractivity contribution in [3.63, 3.8) is 0 Å².